The maximum atomic E-state index is 11.9. The van der Waals surface area contributed by atoms with Gasteiger partial charge in [0, 0.05) is 32.1 Å². The molecule has 0 bridgehead atoms. The van der Waals surface area contributed by atoms with Gasteiger partial charge >= 0.3 is 6.09 Å². The molecule has 2 heterocycles. The molecule has 0 radical (unpaired) electrons. The molecule has 4 nitrogen and oxygen atoms in total. The highest BCUT2D eigenvalue weighted by Gasteiger charge is 2.30. The van der Waals surface area contributed by atoms with Crippen molar-refractivity contribution in [2.45, 2.75) is 26.4 Å². The Morgan fingerprint density at radius 1 is 1.56 bits per heavy atom. The minimum absolute atomic E-state index is 0.199. The molecule has 0 aromatic rings. The summed E-state index contributed by atoms with van der Waals surface area (Å²) in [7, 11) is 0. The molecule has 4 heteroatoms. The lowest BCUT2D eigenvalue weighted by molar-refractivity contribution is 0.0245. The van der Waals surface area contributed by atoms with Crippen LogP contribution in [0.5, 0.6) is 0 Å². The molecule has 2 rings (SSSR count). The Bertz CT molecular complexity index is 317. The van der Waals surface area contributed by atoms with E-state index in [1.165, 1.54) is 5.57 Å². The lowest BCUT2D eigenvalue weighted by Gasteiger charge is -2.31. The van der Waals surface area contributed by atoms with Gasteiger partial charge in [0.1, 0.15) is 5.60 Å². The molecule has 2 aliphatic rings. The van der Waals surface area contributed by atoms with Crippen LogP contribution in [0.1, 0.15) is 20.8 Å². The van der Waals surface area contributed by atoms with Gasteiger partial charge in [-0.25, -0.2) is 4.79 Å². The van der Waals surface area contributed by atoms with E-state index in [0.29, 0.717) is 12.5 Å². The number of carbonyl (C=O) groups excluding carboxylic acids is 1. The van der Waals surface area contributed by atoms with Crippen LogP contribution in [0.15, 0.2) is 11.6 Å². The average molecular weight is 224 g/mol. The van der Waals surface area contributed by atoms with Crippen LogP contribution in [0.3, 0.4) is 0 Å². The van der Waals surface area contributed by atoms with Gasteiger partial charge in [-0.1, -0.05) is 11.6 Å². The second kappa shape index (κ2) is 4.09. The Kier molecular flexibility index (Phi) is 2.93. The van der Waals surface area contributed by atoms with Crippen molar-refractivity contribution in [2.24, 2.45) is 5.92 Å². The highest BCUT2D eigenvalue weighted by atomic mass is 16.6. The standard InChI is InChI=1S/C12H20N2O2/c1-12(2,3)16-11(15)14-5-4-9-6-13-7-10(9)8-14/h4,10,13H,5-8H2,1-3H3. The van der Waals surface area contributed by atoms with Crippen LogP contribution in [-0.2, 0) is 4.74 Å². The number of nitrogens with one attached hydrogen (secondary N) is 1. The zero-order valence-corrected chi connectivity index (χ0v) is 10.2. The number of rotatable bonds is 0. The normalized spacial score (nSPS) is 25.1. The maximum absolute atomic E-state index is 11.9. The molecule has 16 heavy (non-hydrogen) atoms. The topological polar surface area (TPSA) is 41.6 Å². The van der Waals surface area contributed by atoms with E-state index in [-0.39, 0.29) is 6.09 Å². The highest BCUT2D eigenvalue weighted by Crippen LogP contribution is 2.22. The Hall–Kier alpha value is -1.03. The number of ether oxygens (including phenoxy) is 1. The van der Waals surface area contributed by atoms with Gasteiger partial charge in [0.15, 0.2) is 0 Å². The number of amides is 1. The number of hydrogen-bond acceptors (Lipinski definition) is 3. The first-order valence-corrected chi connectivity index (χ1v) is 5.83. The van der Waals surface area contributed by atoms with Crippen molar-refractivity contribution in [1.29, 1.82) is 0 Å². The zero-order valence-electron chi connectivity index (χ0n) is 10.2. The van der Waals surface area contributed by atoms with Crippen molar-refractivity contribution in [3.63, 3.8) is 0 Å². The van der Waals surface area contributed by atoms with Gasteiger partial charge in [-0.05, 0) is 20.8 Å². The second-order valence-electron chi connectivity index (χ2n) is 5.49. The lowest BCUT2D eigenvalue weighted by Crippen LogP contribution is -2.42. The van der Waals surface area contributed by atoms with E-state index in [4.69, 9.17) is 4.74 Å². The molecule has 0 spiro atoms. The van der Waals surface area contributed by atoms with Gasteiger partial charge in [-0.15, -0.1) is 0 Å². The van der Waals surface area contributed by atoms with Gasteiger partial charge < -0.3 is 15.0 Å². The van der Waals surface area contributed by atoms with Gasteiger partial charge in [0.05, 0.1) is 0 Å². The van der Waals surface area contributed by atoms with E-state index in [1.807, 2.05) is 20.8 Å². The summed E-state index contributed by atoms with van der Waals surface area (Å²) in [6, 6.07) is 0. The summed E-state index contributed by atoms with van der Waals surface area (Å²) in [6.07, 6.45) is 1.95. The third-order valence-corrected chi connectivity index (χ3v) is 2.91. The molecule has 1 atom stereocenters. The van der Waals surface area contributed by atoms with Crippen molar-refractivity contribution in [2.75, 3.05) is 26.2 Å². The molecular weight excluding hydrogens is 204 g/mol. The molecule has 90 valence electrons. The van der Waals surface area contributed by atoms with Crippen LogP contribution in [-0.4, -0.2) is 42.8 Å². The molecule has 1 fully saturated rings. The first kappa shape index (κ1) is 11.5. The number of hydrogen-bond donors (Lipinski definition) is 1. The third kappa shape index (κ3) is 2.55. The Balaban J connectivity index is 1.95. The van der Waals surface area contributed by atoms with Crippen LogP contribution in [0, 0.1) is 5.92 Å². The highest BCUT2D eigenvalue weighted by molar-refractivity contribution is 5.68. The van der Waals surface area contributed by atoms with E-state index in [1.54, 1.807) is 4.90 Å². The van der Waals surface area contributed by atoms with Crippen molar-refractivity contribution < 1.29 is 9.53 Å². The fourth-order valence-electron chi connectivity index (χ4n) is 2.13. The molecule has 1 saturated heterocycles. The van der Waals surface area contributed by atoms with Crippen LogP contribution < -0.4 is 5.32 Å². The zero-order chi connectivity index (χ0) is 11.8. The van der Waals surface area contributed by atoms with Crippen LogP contribution in [0.25, 0.3) is 0 Å². The second-order valence-corrected chi connectivity index (χ2v) is 5.49. The molecule has 1 N–H and O–H groups in total. The fourth-order valence-corrected chi connectivity index (χ4v) is 2.13. The monoisotopic (exact) mass is 224 g/mol. The molecule has 0 aliphatic carbocycles. The lowest BCUT2D eigenvalue weighted by atomic mass is 9.99. The summed E-state index contributed by atoms with van der Waals surface area (Å²) >= 11 is 0. The molecular formula is C12H20N2O2. The van der Waals surface area contributed by atoms with Crippen molar-refractivity contribution in [3.8, 4) is 0 Å². The molecule has 1 amide bonds. The van der Waals surface area contributed by atoms with Gasteiger partial charge in [0.2, 0.25) is 0 Å². The van der Waals surface area contributed by atoms with Crippen molar-refractivity contribution in [3.05, 3.63) is 11.6 Å². The number of carbonyl (C=O) groups is 1. The van der Waals surface area contributed by atoms with E-state index < -0.39 is 5.60 Å². The molecule has 2 aliphatic heterocycles. The number of fused-ring (bicyclic) bond motifs is 1. The minimum Gasteiger partial charge on any atom is -0.444 e. The maximum Gasteiger partial charge on any atom is 0.410 e. The van der Waals surface area contributed by atoms with Crippen LogP contribution in [0.4, 0.5) is 4.79 Å². The van der Waals surface area contributed by atoms with E-state index >= 15 is 0 Å². The minimum atomic E-state index is -0.408. The Labute approximate surface area is 96.6 Å². The Morgan fingerprint density at radius 3 is 3.00 bits per heavy atom. The van der Waals surface area contributed by atoms with E-state index in [9.17, 15) is 4.79 Å². The predicted molar refractivity (Wildman–Crippen MR) is 62.2 cm³/mol. The molecule has 0 saturated carbocycles. The Morgan fingerprint density at radius 2 is 2.31 bits per heavy atom. The van der Waals surface area contributed by atoms with Gasteiger partial charge in [0.25, 0.3) is 0 Å². The first-order valence-electron chi connectivity index (χ1n) is 5.83. The summed E-state index contributed by atoms with van der Waals surface area (Å²) < 4.78 is 5.36. The quantitative estimate of drug-likeness (QED) is 0.632. The number of nitrogens with zero attached hydrogens (tertiary/aromatic N) is 1. The summed E-state index contributed by atoms with van der Waals surface area (Å²) in [6.45, 7) is 9.11. The summed E-state index contributed by atoms with van der Waals surface area (Å²) in [5, 5.41) is 3.32. The summed E-state index contributed by atoms with van der Waals surface area (Å²) in [5.74, 6) is 0.487. The average Bonchev–Trinajstić information content (AvgIpc) is 2.61. The van der Waals surface area contributed by atoms with Crippen LogP contribution in [0.2, 0.25) is 0 Å². The van der Waals surface area contributed by atoms with Crippen molar-refractivity contribution in [1.82, 2.24) is 10.2 Å². The van der Waals surface area contributed by atoms with Gasteiger partial charge in [-0.2, -0.15) is 0 Å². The van der Waals surface area contributed by atoms with E-state index in [0.717, 1.165) is 19.6 Å². The van der Waals surface area contributed by atoms with Crippen LogP contribution >= 0.6 is 0 Å². The largest absolute Gasteiger partial charge is 0.444 e. The smallest absolute Gasteiger partial charge is 0.410 e. The fraction of sp³-hybridized carbons (Fsp3) is 0.750. The summed E-state index contributed by atoms with van der Waals surface area (Å²) in [4.78, 5) is 13.6. The molecule has 0 aromatic heterocycles. The predicted octanol–water partition coefficient (Wildman–Crippen LogP) is 1.38. The summed E-state index contributed by atoms with van der Waals surface area (Å²) in [5.41, 5.74) is 1.04. The van der Waals surface area contributed by atoms with E-state index in [2.05, 4.69) is 11.4 Å². The first-order chi connectivity index (χ1) is 7.46. The van der Waals surface area contributed by atoms with Crippen molar-refractivity contribution >= 4 is 6.09 Å². The van der Waals surface area contributed by atoms with Gasteiger partial charge in [-0.3, -0.25) is 0 Å². The molecule has 1 unspecified atom stereocenters. The molecule has 0 aromatic carbocycles. The third-order valence-electron chi connectivity index (χ3n) is 2.91. The SMILES string of the molecule is CC(C)(C)OC(=O)N1CC=C2CNCC2C1.